The van der Waals surface area contributed by atoms with Gasteiger partial charge in [-0.05, 0) is 24.5 Å². The Hall–Kier alpha value is -2.19. The molecule has 1 aromatic carbocycles. The maximum atomic E-state index is 13.1. The minimum Gasteiger partial charge on any atom is -0.465 e. The zero-order valence-corrected chi connectivity index (χ0v) is 13.7. The van der Waals surface area contributed by atoms with Crippen molar-refractivity contribution in [3.63, 3.8) is 0 Å². The molecule has 3 heterocycles. The van der Waals surface area contributed by atoms with Gasteiger partial charge in [0.25, 0.3) is 0 Å². The fourth-order valence-corrected chi connectivity index (χ4v) is 5.54. The van der Waals surface area contributed by atoms with Crippen LogP contribution in [0.1, 0.15) is 6.42 Å². The maximum absolute atomic E-state index is 13.1. The first kappa shape index (κ1) is 15.3. The summed E-state index contributed by atoms with van der Waals surface area (Å²) in [6.07, 6.45) is 2.95. The molecule has 0 saturated carbocycles. The molecule has 1 N–H and O–H groups in total. The number of nitrogens with zero attached hydrogens (tertiary/aromatic N) is 3. The number of aromatic nitrogens is 1. The highest BCUT2D eigenvalue weighted by Gasteiger charge is 2.47. The van der Waals surface area contributed by atoms with Gasteiger partial charge in [-0.15, -0.1) is 0 Å². The van der Waals surface area contributed by atoms with Crippen LogP contribution in [-0.4, -0.2) is 59.5 Å². The standard InChI is InChI=1S/C16H17N3O4S/c20-16(21)19-7-5-12-9-18(10-14(12)19)24(22,23)15-3-1-2-11-8-17-6-4-13(11)15/h1-4,6,8,12,14H,5,7,9-10H2,(H,20,21). The van der Waals surface area contributed by atoms with E-state index in [1.807, 2.05) is 6.07 Å². The van der Waals surface area contributed by atoms with Crippen molar-refractivity contribution in [3.8, 4) is 0 Å². The molecule has 2 aliphatic rings. The average molecular weight is 347 g/mol. The first-order chi connectivity index (χ1) is 11.5. The molecule has 7 nitrogen and oxygen atoms in total. The summed E-state index contributed by atoms with van der Waals surface area (Å²) < 4.78 is 27.6. The number of amides is 1. The SMILES string of the molecule is O=C(O)N1CCC2CN(S(=O)(=O)c3cccc4cnccc34)CC21. The summed E-state index contributed by atoms with van der Waals surface area (Å²) in [5.74, 6) is 0.0764. The highest BCUT2D eigenvalue weighted by molar-refractivity contribution is 7.89. The van der Waals surface area contributed by atoms with E-state index in [9.17, 15) is 18.3 Å². The molecular formula is C16H17N3O4S. The molecule has 1 aromatic heterocycles. The number of sulfonamides is 1. The van der Waals surface area contributed by atoms with Crippen LogP contribution in [0.2, 0.25) is 0 Å². The lowest BCUT2D eigenvalue weighted by molar-refractivity contribution is 0.139. The van der Waals surface area contributed by atoms with Crippen LogP contribution in [0, 0.1) is 5.92 Å². The molecule has 8 heteroatoms. The van der Waals surface area contributed by atoms with Crippen LogP contribution in [0.4, 0.5) is 4.79 Å². The van der Waals surface area contributed by atoms with E-state index < -0.39 is 16.1 Å². The van der Waals surface area contributed by atoms with Crippen LogP contribution in [0.5, 0.6) is 0 Å². The first-order valence-corrected chi connectivity index (χ1v) is 9.25. The van der Waals surface area contributed by atoms with Crippen molar-refractivity contribution in [2.45, 2.75) is 17.4 Å². The lowest BCUT2D eigenvalue weighted by Gasteiger charge is -2.22. The Bertz CT molecular complexity index is 909. The molecule has 0 aliphatic carbocycles. The third-order valence-electron chi connectivity index (χ3n) is 5.02. The normalized spacial score (nSPS) is 24.4. The molecule has 4 rings (SSSR count). The molecule has 2 aromatic rings. The number of fused-ring (bicyclic) bond motifs is 2. The van der Waals surface area contributed by atoms with E-state index in [1.165, 1.54) is 9.21 Å². The van der Waals surface area contributed by atoms with Crippen LogP contribution in [0.15, 0.2) is 41.6 Å². The van der Waals surface area contributed by atoms with Crippen molar-refractivity contribution in [3.05, 3.63) is 36.7 Å². The number of carbonyl (C=O) groups is 1. The van der Waals surface area contributed by atoms with Crippen molar-refractivity contribution in [2.24, 2.45) is 5.92 Å². The molecule has 0 bridgehead atoms. The fourth-order valence-electron chi connectivity index (χ4n) is 3.81. The number of hydrogen-bond acceptors (Lipinski definition) is 4. The Morgan fingerprint density at radius 3 is 2.88 bits per heavy atom. The van der Waals surface area contributed by atoms with E-state index in [4.69, 9.17) is 0 Å². The molecule has 126 valence electrons. The van der Waals surface area contributed by atoms with Crippen molar-refractivity contribution in [1.29, 1.82) is 0 Å². The zero-order valence-electron chi connectivity index (χ0n) is 12.9. The predicted molar refractivity (Wildman–Crippen MR) is 87.1 cm³/mol. The largest absolute Gasteiger partial charge is 0.465 e. The van der Waals surface area contributed by atoms with Crippen LogP contribution in [0.25, 0.3) is 10.8 Å². The van der Waals surface area contributed by atoms with E-state index in [0.29, 0.717) is 24.9 Å². The summed E-state index contributed by atoms with van der Waals surface area (Å²) >= 11 is 0. The van der Waals surface area contributed by atoms with Gasteiger partial charge in [-0.3, -0.25) is 4.98 Å². The Morgan fingerprint density at radius 1 is 1.25 bits per heavy atom. The monoisotopic (exact) mass is 347 g/mol. The quantitative estimate of drug-likeness (QED) is 0.891. The summed E-state index contributed by atoms with van der Waals surface area (Å²) in [4.78, 5) is 16.9. The number of benzene rings is 1. The Balaban J connectivity index is 1.70. The molecule has 24 heavy (non-hydrogen) atoms. The summed E-state index contributed by atoms with van der Waals surface area (Å²) in [5.41, 5.74) is 0. The number of pyridine rings is 1. The Morgan fingerprint density at radius 2 is 2.08 bits per heavy atom. The van der Waals surface area contributed by atoms with Crippen molar-refractivity contribution >= 4 is 26.9 Å². The minimum absolute atomic E-state index is 0.0764. The van der Waals surface area contributed by atoms with Gasteiger partial charge in [0.05, 0.1) is 10.9 Å². The van der Waals surface area contributed by atoms with Gasteiger partial charge in [-0.2, -0.15) is 4.31 Å². The van der Waals surface area contributed by atoms with E-state index in [2.05, 4.69) is 4.98 Å². The number of likely N-dealkylation sites (tertiary alicyclic amines) is 1. The number of hydrogen-bond donors (Lipinski definition) is 1. The highest BCUT2D eigenvalue weighted by Crippen LogP contribution is 2.35. The van der Waals surface area contributed by atoms with Gasteiger partial charge in [-0.1, -0.05) is 12.1 Å². The Kier molecular flexibility index (Phi) is 3.47. The van der Waals surface area contributed by atoms with Crippen molar-refractivity contribution < 1.29 is 18.3 Å². The van der Waals surface area contributed by atoms with E-state index >= 15 is 0 Å². The third kappa shape index (κ3) is 2.25. The van der Waals surface area contributed by atoms with Crippen LogP contribution in [0.3, 0.4) is 0 Å². The molecule has 2 aliphatic heterocycles. The summed E-state index contributed by atoms with van der Waals surface area (Å²) in [5, 5.41) is 10.7. The summed E-state index contributed by atoms with van der Waals surface area (Å²) in [7, 11) is -3.67. The molecule has 0 spiro atoms. The second kappa shape index (κ2) is 5.42. The van der Waals surface area contributed by atoms with Crippen LogP contribution in [-0.2, 0) is 10.0 Å². The van der Waals surface area contributed by atoms with Crippen LogP contribution < -0.4 is 0 Å². The molecule has 2 unspecified atom stereocenters. The molecule has 2 fully saturated rings. The first-order valence-electron chi connectivity index (χ1n) is 7.81. The average Bonchev–Trinajstić information content (AvgIpc) is 3.14. The predicted octanol–water partition coefficient (Wildman–Crippen LogP) is 1.61. The van der Waals surface area contributed by atoms with E-state index in [-0.39, 0.29) is 23.4 Å². The molecule has 2 saturated heterocycles. The lowest BCUT2D eigenvalue weighted by Crippen LogP contribution is -2.39. The summed E-state index contributed by atoms with van der Waals surface area (Å²) in [6.45, 7) is 1.08. The van der Waals surface area contributed by atoms with E-state index in [1.54, 1.807) is 30.6 Å². The number of carboxylic acid groups (broad SMARTS) is 1. The molecule has 1 amide bonds. The molecule has 0 radical (unpaired) electrons. The number of rotatable bonds is 2. The third-order valence-corrected chi connectivity index (χ3v) is 6.91. The lowest BCUT2D eigenvalue weighted by atomic mass is 10.1. The van der Waals surface area contributed by atoms with Gasteiger partial charge in [0, 0.05) is 42.8 Å². The van der Waals surface area contributed by atoms with Gasteiger partial charge < -0.3 is 10.0 Å². The minimum atomic E-state index is -3.67. The van der Waals surface area contributed by atoms with Crippen LogP contribution >= 0.6 is 0 Å². The van der Waals surface area contributed by atoms with Gasteiger partial charge in [0.15, 0.2) is 0 Å². The highest BCUT2D eigenvalue weighted by atomic mass is 32.2. The second-order valence-electron chi connectivity index (χ2n) is 6.27. The van der Waals surface area contributed by atoms with E-state index in [0.717, 1.165) is 5.39 Å². The summed E-state index contributed by atoms with van der Waals surface area (Å²) in [6, 6.07) is 6.58. The Labute approximate surface area is 139 Å². The second-order valence-corrected chi connectivity index (χ2v) is 8.17. The van der Waals surface area contributed by atoms with Gasteiger partial charge in [0.2, 0.25) is 10.0 Å². The molecular weight excluding hydrogens is 330 g/mol. The van der Waals surface area contributed by atoms with Crippen molar-refractivity contribution in [2.75, 3.05) is 19.6 Å². The van der Waals surface area contributed by atoms with Crippen molar-refractivity contribution in [1.82, 2.24) is 14.2 Å². The van der Waals surface area contributed by atoms with Gasteiger partial charge in [0.1, 0.15) is 0 Å². The fraction of sp³-hybridized carbons (Fsp3) is 0.375. The molecule has 2 atom stereocenters. The maximum Gasteiger partial charge on any atom is 0.407 e. The van der Waals surface area contributed by atoms with Gasteiger partial charge >= 0.3 is 6.09 Å². The topological polar surface area (TPSA) is 90.8 Å². The zero-order chi connectivity index (χ0) is 16.9. The smallest absolute Gasteiger partial charge is 0.407 e. The van der Waals surface area contributed by atoms with Gasteiger partial charge in [-0.25, -0.2) is 13.2 Å².